The van der Waals surface area contributed by atoms with Gasteiger partial charge in [-0.3, -0.25) is 0 Å². The van der Waals surface area contributed by atoms with Crippen LogP contribution in [0.5, 0.6) is 0 Å². The van der Waals surface area contributed by atoms with Crippen molar-refractivity contribution in [2.45, 2.75) is 26.4 Å². The van der Waals surface area contributed by atoms with Gasteiger partial charge in [0.25, 0.3) is 0 Å². The molecule has 0 rings (SSSR count). The molecule has 0 unspecified atom stereocenters. The fraction of sp³-hybridized carbons (Fsp3) is 1.00. The first-order valence-electron chi connectivity index (χ1n) is 3.51. The number of nitrogens with one attached hydrogen (secondary N) is 1. The molecule has 0 fully saturated rings. The van der Waals surface area contributed by atoms with Crippen molar-refractivity contribution in [1.82, 2.24) is 5.14 Å². The molecule has 0 spiro atoms. The van der Waals surface area contributed by atoms with Gasteiger partial charge in [0.1, 0.15) is 0 Å². The number of hydrogen-bond acceptors (Lipinski definition) is 3. The Bertz CT molecular complexity index is 186. The van der Waals surface area contributed by atoms with Gasteiger partial charge in [0, 0.05) is 6.61 Å². The normalized spacial score (nSPS) is 12.4. The van der Waals surface area contributed by atoms with Gasteiger partial charge in [-0.2, -0.15) is 0 Å². The van der Waals surface area contributed by atoms with Crippen LogP contribution in [0, 0.1) is 0 Å². The quantitative estimate of drug-likeness (QED) is 0.576. The molecule has 0 aromatic rings. The second-order valence-electron chi connectivity index (χ2n) is 2.59. The molecule has 1 N–H and O–H groups in total. The first-order valence-corrected chi connectivity index (χ1v) is 5.16. The minimum Gasteiger partial charge on any atom is -0.379 e. The largest absolute Gasteiger partial charge is 0.379 e. The topological polar surface area (TPSA) is 67.2 Å². The molecule has 0 aromatic heterocycles. The van der Waals surface area contributed by atoms with Gasteiger partial charge in [-0.25, -0.2) is 8.42 Å². The Balaban J connectivity index is 3.30. The molecular weight excluding hydrogens is 166 g/mol. The summed E-state index contributed by atoms with van der Waals surface area (Å²) in [7, 11) is -3.55. The molecule has 0 aliphatic carbocycles. The number of ether oxygens (including phenoxy) is 1. The van der Waals surface area contributed by atoms with Gasteiger partial charge < -0.3 is 4.74 Å². The minimum atomic E-state index is -3.55. The van der Waals surface area contributed by atoms with E-state index in [0.717, 1.165) is 0 Å². The van der Waals surface area contributed by atoms with Gasteiger partial charge in [-0.1, -0.05) is 0 Å². The van der Waals surface area contributed by atoms with E-state index in [0.29, 0.717) is 13.0 Å². The molecule has 0 saturated carbocycles. The number of sulfonamides is 1. The van der Waals surface area contributed by atoms with Crippen LogP contribution >= 0.6 is 0 Å². The Morgan fingerprint density at radius 3 is 2.36 bits per heavy atom. The molecule has 0 bridgehead atoms. The summed E-state index contributed by atoms with van der Waals surface area (Å²) in [6, 6.07) is 0. The van der Waals surface area contributed by atoms with Gasteiger partial charge >= 0.3 is 0 Å². The standard InChI is InChI=1S/C6H14NO3S/c1-6(2)10-4-3-5-11(7,8)9/h6-7H,3-5H2,1-2H3. The van der Waals surface area contributed by atoms with Gasteiger partial charge in [0.2, 0.25) is 10.0 Å². The van der Waals surface area contributed by atoms with E-state index in [1.165, 1.54) is 0 Å². The third-order valence-electron chi connectivity index (χ3n) is 1.01. The first kappa shape index (κ1) is 10.9. The molecule has 1 radical (unpaired) electrons. The molecule has 5 heteroatoms. The van der Waals surface area contributed by atoms with Crippen molar-refractivity contribution in [2.24, 2.45) is 0 Å². The van der Waals surface area contributed by atoms with E-state index in [2.05, 4.69) is 0 Å². The molecule has 0 amide bonds. The Morgan fingerprint density at radius 2 is 2.00 bits per heavy atom. The van der Waals surface area contributed by atoms with Crippen LogP contribution in [0.25, 0.3) is 0 Å². The molecule has 0 atom stereocenters. The van der Waals surface area contributed by atoms with Crippen LogP contribution in [0.2, 0.25) is 0 Å². The average Bonchev–Trinajstić information content (AvgIpc) is 1.78. The first-order chi connectivity index (χ1) is 4.92. The molecule has 11 heavy (non-hydrogen) atoms. The molecule has 0 aromatic carbocycles. The fourth-order valence-corrected chi connectivity index (χ4v) is 1.07. The van der Waals surface area contributed by atoms with Gasteiger partial charge in [0.15, 0.2) is 0 Å². The molecule has 0 heterocycles. The van der Waals surface area contributed by atoms with E-state index in [1.54, 1.807) is 0 Å². The smallest absolute Gasteiger partial charge is 0.225 e. The lowest BCUT2D eigenvalue weighted by molar-refractivity contribution is 0.0797. The van der Waals surface area contributed by atoms with Gasteiger partial charge in [-0.05, 0) is 20.3 Å². The predicted molar refractivity (Wildman–Crippen MR) is 42.6 cm³/mol. The molecule has 0 aliphatic heterocycles. The van der Waals surface area contributed by atoms with E-state index in [4.69, 9.17) is 9.88 Å². The summed E-state index contributed by atoms with van der Waals surface area (Å²) >= 11 is 0. The summed E-state index contributed by atoms with van der Waals surface area (Å²) in [4.78, 5) is 0. The van der Waals surface area contributed by atoms with Crippen LogP contribution in [0.3, 0.4) is 0 Å². The predicted octanol–water partition coefficient (Wildman–Crippen LogP) is 0.414. The van der Waals surface area contributed by atoms with Gasteiger partial charge in [-0.15, -0.1) is 5.14 Å². The second-order valence-corrected chi connectivity index (χ2v) is 4.23. The van der Waals surface area contributed by atoms with E-state index in [-0.39, 0.29) is 11.9 Å². The summed E-state index contributed by atoms with van der Waals surface area (Å²) in [5.41, 5.74) is 0. The summed E-state index contributed by atoms with van der Waals surface area (Å²) in [5.74, 6) is -0.111. The SMILES string of the molecule is CC(C)OCCCS([NH])(=O)=O. The van der Waals surface area contributed by atoms with E-state index < -0.39 is 10.0 Å². The maximum absolute atomic E-state index is 10.3. The van der Waals surface area contributed by atoms with Crippen LogP contribution in [-0.4, -0.2) is 26.9 Å². The highest BCUT2D eigenvalue weighted by Crippen LogP contribution is 1.92. The molecule has 4 nitrogen and oxygen atoms in total. The molecule has 0 saturated heterocycles. The zero-order valence-corrected chi connectivity index (χ0v) is 7.65. The summed E-state index contributed by atoms with van der Waals surface area (Å²) in [6.07, 6.45) is 0.535. The van der Waals surface area contributed by atoms with Crippen molar-refractivity contribution in [3.8, 4) is 0 Å². The number of rotatable bonds is 5. The van der Waals surface area contributed by atoms with E-state index in [1.807, 2.05) is 13.8 Å². The van der Waals surface area contributed by atoms with Crippen LogP contribution < -0.4 is 5.14 Å². The third kappa shape index (κ3) is 9.87. The lowest BCUT2D eigenvalue weighted by Gasteiger charge is -2.05. The second kappa shape index (κ2) is 4.69. The Labute approximate surface area is 67.8 Å². The highest BCUT2D eigenvalue weighted by atomic mass is 32.2. The molecule has 0 aliphatic rings. The van der Waals surface area contributed by atoms with Crippen LogP contribution in [-0.2, 0) is 14.8 Å². The van der Waals surface area contributed by atoms with Crippen molar-refractivity contribution in [2.75, 3.05) is 12.4 Å². The zero-order valence-electron chi connectivity index (χ0n) is 6.83. The molecular formula is C6H14NO3S. The average molecular weight is 180 g/mol. The third-order valence-corrected chi connectivity index (χ3v) is 1.83. The fourth-order valence-electron chi connectivity index (χ4n) is 0.568. The lowest BCUT2D eigenvalue weighted by Crippen LogP contribution is -2.11. The van der Waals surface area contributed by atoms with Crippen molar-refractivity contribution < 1.29 is 13.2 Å². The van der Waals surface area contributed by atoms with Crippen molar-refractivity contribution in [3.63, 3.8) is 0 Å². The van der Waals surface area contributed by atoms with Crippen molar-refractivity contribution in [1.29, 1.82) is 0 Å². The zero-order chi connectivity index (χ0) is 8.91. The minimum absolute atomic E-state index is 0.111. The van der Waals surface area contributed by atoms with Crippen molar-refractivity contribution in [3.05, 3.63) is 0 Å². The summed E-state index contributed by atoms with van der Waals surface area (Å²) in [5, 5.41) is 6.53. The maximum Gasteiger partial charge on any atom is 0.225 e. The van der Waals surface area contributed by atoms with Crippen molar-refractivity contribution >= 4 is 10.0 Å². The van der Waals surface area contributed by atoms with Crippen LogP contribution in [0.1, 0.15) is 20.3 Å². The highest BCUT2D eigenvalue weighted by Gasteiger charge is 2.02. The van der Waals surface area contributed by atoms with Crippen LogP contribution in [0.4, 0.5) is 0 Å². The summed E-state index contributed by atoms with van der Waals surface area (Å²) in [6.45, 7) is 4.18. The lowest BCUT2D eigenvalue weighted by atomic mass is 10.4. The monoisotopic (exact) mass is 180 g/mol. The van der Waals surface area contributed by atoms with Gasteiger partial charge in [0.05, 0.1) is 11.9 Å². The van der Waals surface area contributed by atoms with E-state index in [9.17, 15) is 8.42 Å². The Morgan fingerprint density at radius 1 is 1.45 bits per heavy atom. The Hall–Kier alpha value is -0.130. The number of hydrogen-bond donors (Lipinski definition) is 0. The highest BCUT2D eigenvalue weighted by molar-refractivity contribution is 7.88. The maximum atomic E-state index is 10.3. The molecule has 67 valence electrons. The van der Waals surface area contributed by atoms with Crippen LogP contribution in [0.15, 0.2) is 0 Å². The summed E-state index contributed by atoms with van der Waals surface area (Å²) < 4.78 is 25.7. The van der Waals surface area contributed by atoms with E-state index >= 15 is 0 Å². The Kier molecular flexibility index (Phi) is 4.63.